The molecule has 0 aromatic carbocycles. The molecule has 1 heterocycles. The highest BCUT2D eigenvalue weighted by Crippen LogP contribution is 1.98. The van der Waals surface area contributed by atoms with Crippen molar-refractivity contribution in [3.63, 3.8) is 0 Å². The molecule has 0 aliphatic rings. The van der Waals surface area contributed by atoms with Gasteiger partial charge in [0.2, 0.25) is 5.91 Å². The quantitative estimate of drug-likeness (QED) is 0.783. The van der Waals surface area contributed by atoms with Gasteiger partial charge in [-0.15, -0.1) is 0 Å². The Bertz CT molecular complexity index is 476. The van der Waals surface area contributed by atoms with Gasteiger partial charge in [-0.2, -0.15) is 5.26 Å². The minimum Gasteiger partial charge on any atom is -0.356 e. The van der Waals surface area contributed by atoms with E-state index in [9.17, 15) is 9.59 Å². The van der Waals surface area contributed by atoms with Gasteiger partial charge >= 0.3 is 0 Å². The van der Waals surface area contributed by atoms with Crippen LogP contribution in [-0.4, -0.2) is 29.9 Å². The lowest BCUT2D eigenvalue weighted by Gasteiger charge is -2.05. The lowest BCUT2D eigenvalue weighted by molar-refractivity contribution is -0.120. The summed E-state index contributed by atoms with van der Waals surface area (Å²) in [6, 6.07) is 4.92. The first-order chi connectivity index (χ1) is 9.17. The van der Waals surface area contributed by atoms with E-state index in [0.717, 1.165) is 6.42 Å². The van der Waals surface area contributed by atoms with Crippen LogP contribution in [-0.2, 0) is 4.79 Å². The van der Waals surface area contributed by atoms with Crippen molar-refractivity contribution in [3.05, 3.63) is 29.6 Å². The maximum atomic E-state index is 11.7. The summed E-state index contributed by atoms with van der Waals surface area (Å²) in [6.07, 6.45) is 2.46. The molecule has 19 heavy (non-hydrogen) atoms. The Labute approximate surface area is 111 Å². The smallest absolute Gasteiger partial charge is 0.269 e. The number of pyridine rings is 1. The molecule has 2 N–H and O–H groups in total. The van der Waals surface area contributed by atoms with Crippen LogP contribution in [0.3, 0.4) is 0 Å². The van der Waals surface area contributed by atoms with Crippen molar-refractivity contribution in [1.82, 2.24) is 15.6 Å². The summed E-state index contributed by atoms with van der Waals surface area (Å²) in [5.41, 5.74) is 0.628. The number of nitrogens with zero attached hydrogens (tertiary/aromatic N) is 2. The Morgan fingerprint density at radius 1 is 1.32 bits per heavy atom. The second-order valence-electron chi connectivity index (χ2n) is 3.90. The highest BCUT2D eigenvalue weighted by Gasteiger charge is 2.07. The highest BCUT2D eigenvalue weighted by atomic mass is 16.2. The summed E-state index contributed by atoms with van der Waals surface area (Å²) >= 11 is 0. The molecule has 6 nitrogen and oxygen atoms in total. The van der Waals surface area contributed by atoms with Crippen LogP contribution in [0.5, 0.6) is 0 Å². The zero-order valence-electron chi connectivity index (χ0n) is 10.8. The summed E-state index contributed by atoms with van der Waals surface area (Å²) in [5.74, 6) is -0.442. The van der Waals surface area contributed by atoms with Crippen LogP contribution in [0.4, 0.5) is 0 Å². The monoisotopic (exact) mass is 260 g/mol. The van der Waals surface area contributed by atoms with Crippen LogP contribution in [0, 0.1) is 11.3 Å². The standard InChI is InChI=1S/C13H16N4O2/c1-2-6-15-12(18)5-7-16-13(19)11-4-3-10(8-14)9-17-11/h3-4,9H,2,5-7H2,1H3,(H,15,18)(H,16,19). The zero-order valence-corrected chi connectivity index (χ0v) is 10.8. The molecule has 0 bridgehead atoms. The fourth-order valence-corrected chi connectivity index (χ4v) is 1.33. The number of amides is 2. The molecule has 0 saturated heterocycles. The molecule has 0 saturated carbocycles. The van der Waals surface area contributed by atoms with Gasteiger partial charge in [-0.3, -0.25) is 9.59 Å². The second-order valence-corrected chi connectivity index (χ2v) is 3.90. The van der Waals surface area contributed by atoms with Crippen LogP contribution in [0.15, 0.2) is 18.3 Å². The number of carbonyl (C=O) groups excluding carboxylic acids is 2. The fraction of sp³-hybridized carbons (Fsp3) is 0.385. The Kier molecular flexibility index (Phi) is 6.03. The van der Waals surface area contributed by atoms with E-state index < -0.39 is 0 Å². The normalized spacial score (nSPS) is 9.47. The first-order valence-electron chi connectivity index (χ1n) is 6.08. The van der Waals surface area contributed by atoms with E-state index >= 15 is 0 Å². The van der Waals surface area contributed by atoms with Crippen molar-refractivity contribution in [3.8, 4) is 6.07 Å². The van der Waals surface area contributed by atoms with Gasteiger partial charge in [0.1, 0.15) is 11.8 Å². The van der Waals surface area contributed by atoms with E-state index in [4.69, 9.17) is 5.26 Å². The lowest BCUT2D eigenvalue weighted by Crippen LogP contribution is -2.31. The zero-order chi connectivity index (χ0) is 14.1. The third-order valence-corrected chi connectivity index (χ3v) is 2.34. The van der Waals surface area contributed by atoms with Gasteiger partial charge in [-0.05, 0) is 18.6 Å². The summed E-state index contributed by atoms with van der Waals surface area (Å²) in [4.78, 5) is 26.8. The molecule has 0 spiro atoms. The summed E-state index contributed by atoms with van der Waals surface area (Å²) in [7, 11) is 0. The number of hydrogen-bond acceptors (Lipinski definition) is 4. The molecule has 2 amide bonds. The topological polar surface area (TPSA) is 94.9 Å². The lowest BCUT2D eigenvalue weighted by atomic mass is 10.2. The maximum absolute atomic E-state index is 11.7. The predicted molar refractivity (Wildman–Crippen MR) is 69.2 cm³/mol. The van der Waals surface area contributed by atoms with Crippen molar-refractivity contribution < 1.29 is 9.59 Å². The van der Waals surface area contributed by atoms with Gasteiger partial charge in [0.05, 0.1) is 5.56 Å². The molecule has 0 aliphatic heterocycles. The Morgan fingerprint density at radius 3 is 2.68 bits per heavy atom. The van der Waals surface area contributed by atoms with E-state index in [2.05, 4.69) is 15.6 Å². The molecule has 1 aromatic rings. The van der Waals surface area contributed by atoms with Gasteiger partial charge in [0, 0.05) is 25.7 Å². The van der Waals surface area contributed by atoms with Crippen molar-refractivity contribution >= 4 is 11.8 Å². The van der Waals surface area contributed by atoms with Crippen LogP contribution >= 0.6 is 0 Å². The highest BCUT2D eigenvalue weighted by molar-refractivity contribution is 5.92. The Hall–Kier alpha value is -2.42. The van der Waals surface area contributed by atoms with E-state index in [1.54, 1.807) is 0 Å². The third kappa shape index (κ3) is 5.17. The van der Waals surface area contributed by atoms with Gasteiger partial charge in [0.15, 0.2) is 0 Å². The van der Waals surface area contributed by atoms with Crippen molar-refractivity contribution in [1.29, 1.82) is 5.26 Å². The number of nitriles is 1. The third-order valence-electron chi connectivity index (χ3n) is 2.34. The number of aromatic nitrogens is 1. The number of rotatable bonds is 6. The van der Waals surface area contributed by atoms with Gasteiger partial charge in [0.25, 0.3) is 5.91 Å². The molecule has 1 aromatic heterocycles. The molecule has 100 valence electrons. The first kappa shape index (κ1) is 14.6. The largest absolute Gasteiger partial charge is 0.356 e. The molecular weight excluding hydrogens is 244 g/mol. The molecule has 0 aliphatic carbocycles. The maximum Gasteiger partial charge on any atom is 0.269 e. The van der Waals surface area contributed by atoms with Gasteiger partial charge < -0.3 is 10.6 Å². The Balaban J connectivity index is 2.35. The Morgan fingerprint density at radius 2 is 2.11 bits per heavy atom. The molecular formula is C13H16N4O2. The number of hydrogen-bond donors (Lipinski definition) is 2. The van der Waals surface area contributed by atoms with Gasteiger partial charge in [-0.25, -0.2) is 4.98 Å². The summed E-state index contributed by atoms with van der Waals surface area (Å²) in [6.45, 7) is 2.87. The molecule has 1 rings (SSSR count). The molecule has 0 unspecified atom stereocenters. The SMILES string of the molecule is CCCNC(=O)CCNC(=O)c1ccc(C#N)cn1. The van der Waals surface area contributed by atoms with E-state index in [-0.39, 0.29) is 30.5 Å². The first-order valence-corrected chi connectivity index (χ1v) is 6.08. The molecule has 6 heteroatoms. The van der Waals surface area contributed by atoms with E-state index in [0.29, 0.717) is 12.1 Å². The van der Waals surface area contributed by atoms with Gasteiger partial charge in [-0.1, -0.05) is 6.92 Å². The molecule has 0 atom stereocenters. The predicted octanol–water partition coefficient (Wildman–Crippen LogP) is 0.599. The van der Waals surface area contributed by atoms with E-state index in [1.165, 1.54) is 18.3 Å². The fourth-order valence-electron chi connectivity index (χ4n) is 1.33. The van der Waals surface area contributed by atoms with Crippen molar-refractivity contribution in [2.75, 3.05) is 13.1 Å². The number of carbonyl (C=O) groups is 2. The van der Waals surface area contributed by atoms with Crippen LogP contribution < -0.4 is 10.6 Å². The minimum atomic E-state index is -0.354. The van der Waals surface area contributed by atoms with Crippen LogP contribution in [0.25, 0.3) is 0 Å². The second kappa shape index (κ2) is 7.82. The minimum absolute atomic E-state index is 0.0880. The van der Waals surface area contributed by atoms with Crippen molar-refractivity contribution in [2.45, 2.75) is 19.8 Å². The molecule has 0 fully saturated rings. The number of nitrogens with one attached hydrogen (secondary N) is 2. The van der Waals surface area contributed by atoms with Crippen LogP contribution in [0.1, 0.15) is 35.8 Å². The average molecular weight is 260 g/mol. The van der Waals surface area contributed by atoms with Crippen molar-refractivity contribution in [2.24, 2.45) is 0 Å². The molecule has 0 radical (unpaired) electrons. The average Bonchev–Trinajstić information content (AvgIpc) is 2.45. The van der Waals surface area contributed by atoms with Crippen LogP contribution in [0.2, 0.25) is 0 Å². The van der Waals surface area contributed by atoms with E-state index in [1.807, 2.05) is 13.0 Å². The summed E-state index contributed by atoms with van der Waals surface area (Å²) in [5, 5.41) is 13.9. The summed E-state index contributed by atoms with van der Waals surface area (Å²) < 4.78 is 0.